The van der Waals surface area contributed by atoms with Gasteiger partial charge in [0.15, 0.2) is 0 Å². The third-order valence-electron chi connectivity index (χ3n) is 2.52. The van der Waals surface area contributed by atoms with Crippen LogP contribution in [-0.4, -0.2) is 41.1 Å². The number of hydroxylamine groups is 2. The van der Waals surface area contributed by atoms with E-state index in [-0.39, 0.29) is 10.7 Å². The monoisotopic (exact) mass is 248 g/mol. The lowest BCUT2D eigenvalue weighted by Crippen LogP contribution is -2.61. The van der Waals surface area contributed by atoms with Crippen LogP contribution in [0.3, 0.4) is 0 Å². The summed E-state index contributed by atoms with van der Waals surface area (Å²) in [5.41, 5.74) is 0. The van der Waals surface area contributed by atoms with E-state index < -0.39 is 6.03 Å². The quantitative estimate of drug-likeness (QED) is 0.560. The number of nitrogens with zero attached hydrogens (tertiary/aromatic N) is 3. The predicted octanol–water partition coefficient (Wildman–Crippen LogP) is 0.908. The summed E-state index contributed by atoms with van der Waals surface area (Å²) in [4.78, 5) is 20.4. The van der Waals surface area contributed by atoms with Crippen molar-refractivity contribution in [2.24, 2.45) is 4.99 Å². The van der Waals surface area contributed by atoms with Gasteiger partial charge in [0.1, 0.15) is 0 Å². The van der Waals surface area contributed by atoms with Crippen LogP contribution < -0.4 is 5.32 Å². The zero-order valence-corrected chi connectivity index (χ0v) is 9.80. The minimum absolute atomic E-state index is 0.0447. The minimum Gasteiger partial charge on any atom is -0.262 e. The molecule has 2 heterocycles. The number of urea groups is 1. The van der Waals surface area contributed by atoms with Crippen molar-refractivity contribution in [2.45, 2.75) is 0 Å². The molecule has 0 spiro atoms. The van der Waals surface area contributed by atoms with Gasteiger partial charge in [0.2, 0.25) is 0 Å². The molecule has 0 saturated carbocycles. The van der Waals surface area contributed by atoms with Crippen LogP contribution in [0.15, 0.2) is 42.2 Å². The Kier molecular flexibility index (Phi) is 3.09. The summed E-state index contributed by atoms with van der Waals surface area (Å²) >= 11 is 0. The number of hydrogen-bond donors (Lipinski definition) is 2. The van der Waals surface area contributed by atoms with E-state index in [1.54, 1.807) is 17.2 Å². The Morgan fingerprint density at radius 2 is 2.17 bits per heavy atom. The second-order valence-electron chi connectivity index (χ2n) is 3.73. The molecule has 2 aliphatic heterocycles. The maximum Gasteiger partial charge on any atom is 0.354 e. The molecule has 0 aliphatic carbocycles. The summed E-state index contributed by atoms with van der Waals surface area (Å²) in [6.07, 6.45) is 6.19. The van der Waals surface area contributed by atoms with Crippen molar-refractivity contribution in [3.8, 4) is 0 Å². The van der Waals surface area contributed by atoms with E-state index in [1.807, 2.05) is 0 Å². The fourth-order valence-corrected chi connectivity index (χ4v) is 1.81. The summed E-state index contributed by atoms with van der Waals surface area (Å²) in [5, 5.41) is 12.0. The molecule has 2 aliphatic rings. The molecule has 0 bridgehead atoms. The Hall–Kier alpha value is -2.25. The fraction of sp³-hybridized carbons (Fsp3) is 0.182. The van der Waals surface area contributed by atoms with Crippen LogP contribution in [0.25, 0.3) is 0 Å². The SMILES string of the molecule is C=CCN(CC=C)[N+]12C=NC(=O)NC1=CC(=N)O2. The molecule has 2 N–H and O–H groups in total. The van der Waals surface area contributed by atoms with Crippen molar-refractivity contribution < 1.29 is 14.4 Å². The van der Waals surface area contributed by atoms with Gasteiger partial charge in [-0.3, -0.25) is 15.6 Å². The number of quaternary nitrogens is 1. The van der Waals surface area contributed by atoms with Crippen LogP contribution >= 0.6 is 0 Å². The standard InChI is InChI=1S/C11H13N5O2/c1-3-5-15(6-4-2)16-8-13-11(17)14-10(16)7-9(12)18-16/h3-4,7-8H,1-2,5-6H2,(H-,12,14,17)/p+1. The number of carbonyl (C=O) groups is 1. The average Bonchev–Trinajstić information content (AvgIpc) is 2.65. The molecule has 0 saturated heterocycles. The van der Waals surface area contributed by atoms with E-state index in [4.69, 9.17) is 10.2 Å². The highest BCUT2D eigenvalue weighted by atomic mass is 16.8. The van der Waals surface area contributed by atoms with Crippen LogP contribution in [0, 0.1) is 5.41 Å². The van der Waals surface area contributed by atoms with Gasteiger partial charge in [0.05, 0.1) is 19.2 Å². The lowest BCUT2D eigenvalue weighted by Gasteiger charge is -2.35. The van der Waals surface area contributed by atoms with Crippen LogP contribution in [0.4, 0.5) is 4.79 Å². The first-order valence-electron chi connectivity index (χ1n) is 5.35. The minimum atomic E-state index is -0.481. The predicted molar refractivity (Wildman–Crippen MR) is 66.1 cm³/mol. The molecule has 2 rings (SSSR count). The van der Waals surface area contributed by atoms with Crippen molar-refractivity contribution in [3.63, 3.8) is 0 Å². The average molecular weight is 248 g/mol. The summed E-state index contributed by atoms with van der Waals surface area (Å²) in [6.45, 7) is 8.32. The van der Waals surface area contributed by atoms with Crippen LogP contribution in [0.2, 0.25) is 0 Å². The fourth-order valence-electron chi connectivity index (χ4n) is 1.81. The Morgan fingerprint density at radius 3 is 2.78 bits per heavy atom. The number of rotatable bonds is 5. The molecule has 2 amide bonds. The van der Waals surface area contributed by atoms with Crippen molar-refractivity contribution in [1.82, 2.24) is 10.3 Å². The molecule has 0 aromatic carbocycles. The highest BCUT2D eigenvalue weighted by Gasteiger charge is 2.51. The highest BCUT2D eigenvalue weighted by Crippen LogP contribution is 2.27. The Morgan fingerprint density at radius 1 is 1.50 bits per heavy atom. The first-order chi connectivity index (χ1) is 8.62. The number of carbonyl (C=O) groups excluding carboxylic acids is 1. The van der Waals surface area contributed by atoms with Gasteiger partial charge in [-0.05, 0) is 0 Å². The normalized spacial score (nSPS) is 25.3. The Balaban J connectivity index is 2.42. The van der Waals surface area contributed by atoms with E-state index >= 15 is 0 Å². The molecule has 1 unspecified atom stereocenters. The molecular weight excluding hydrogens is 234 g/mol. The molecule has 0 fully saturated rings. The number of fused-ring (bicyclic) bond motifs is 1. The molecule has 7 nitrogen and oxygen atoms in total. The van der Waals surface area contributed by atoms with E-state index in [2.05, 4.69) is 23.5 Å². The largest absolute Gasteiger partial charge is 0.354 e. The van der Waals surface area contributed by atoms with Gasteiger partial charge < -0.3 is 0 Å². The highest BCUT2D eigenvalue weighted by molar-refractivity contribution is 5.91. The topological polar surface area (TPSA) is 77.8 Å². The van der Waals surface area contributed by atoms with E-state index in [0.717, 1.165) is 0 Å². The van der Waals surface area contributed by atoms with Crippen LogP contribution in [0.1, 0.15) is 0 Å². The molecular formula is C11H14N5O2+. The molecule has 18 heavy (non-hydrogen) atoms. The van der Waals surface area contributed by atoms with Crippen molar-refractivity contribution >= 4 is 18.3 Å². The van der Waals surface area contributed by atoms with Crippen molar-refractivity contribution in [1.29, 1.82) is 5.41 Å². The summed E-state index contributed by atoms with van der Waals surface area (Å²) < 4.78 is -0.275. The number of aliphatic imine (C=N–C) groups is 1. The number of amides is 2. The number of hydrogen-bond acceptors (Lipinski definition) is 4. The first kappa shape index (κ1) is 12.2. The van der Waals surface area contributed by atoms with Crippen LogP contribution in [-0.2, 0) is 4.84 Å². The zero-order valence-electron chi connectivity index (χ0n) is 9.80. The van der Waals surface area contributed by atoms with E-state index in [1.165, 1.54) is 12.4 Å². The van der Waals surface area contributed by atoms with Gasteiger partial charge in [0.25, 0.3) is 18.1 Å². The van der Waals surface area contributed by atoms with Gasteiger partial charge in [-0.2, -0.15) is 0 Å². The maximum atomic E-state index is 11.2. The summed E-state index contributed by atoms with van der Waals surface area (Å²) in [6, 6.07) is -0.481. The zero-order chi connectivity index (χ0) is 13.2. The summed E-state index contributed by atoms with van der Waals surface area (Å²) in [7, 11) is 0. The molecule has 7 heteroatoms. The van der Waals surface area contributed by atoms with E-state index in [0.29, 0.717) is 18.9 Å². The Bertz CT molecular complexity index is 472. The van der Waals surface area contributed by atoms with Crippen molar-refractivity contribution in [3.05, 3.63) is 37.2 Å². The second-order valence-corrected chi connectivity index (χ2v) is 3.73. The van der Waals surface area contributed by atoms with Gasteiger partial charge in [-0.15, -0.1) is 18.2 Å². The van der Waals surface area contributed by atoms with Gasteiger partial charge >= 0.3 is 6.03 Å². The number of nitrogens with one attached hydrogen (secondary N) is 2. The molecule has 1 atom stereocenters. The maximum absolute atomic E-state index is 11.2. The van der Waals surface area contributed by atoms with Crippen molar-refractivity contribution in [2.75, 3.05) is 13.1 Å². The van der Waals surface area contributed by atoms with Crippen LogP contribution in [0.5, 0.6) is 0 Å². The molecule has 0 radical (unpaired) electrons. The molecule has 0 aromatic rings. The smallest absolute Gasteiger partial charge is 0.262 e. The lowest BCUT2D eigenvalue weighted by atomic mass is 10.4. The second kappa shape index (κ2) is 4.55. The van der Waals surface area contributed by atoms with Gasteiger partial charge in [0, 0.05) is 4.76 Å². The molecule has 0 aromatic heterocycles. The third-order valence-corrected chi connectivity index (χ3v) is 2.52. The van der Waals surface area contributed by atoms with E-state index in [9.17, 15) is 4.79 Å². The third kappa shape index (κ3) is 1.85. The lowest BCUT2D eigenvalue weighted by molar-refractivity contribution is -1.07. The van der Waals surface area contributed by atoms with Gasteiger partial charge in [-0.1, -0.05) is 17.2 Å². The first-order valence-corrected chi connectivity index (χ1v) is 5.35. The van der Waals surface area contributed by atoms with Gasteiger partial charge in [-0.25, -0.2) is 4.79 Å². The summed E-state index contributed by atoms with van der Waals surface area (Å²) in [5.74, 6) is 0.389. The Labute approximate surface area is 104 Å². The molecule has 94 valence electrons.